The molecule has 0 atom stereocenters. The lowest BCUT2D eigenvalue weighted by Gasteiger charge is -2.13. The maximum absolute atomic E-state index is 12.7. The summed E-state index contributed by atoms with van der Waals surface area (Å²) in [5, 5.41) is 6.47. The average molecular weight is 425 g/mol. The Bertz CT molecular complexity index is 1010. The van der Waals surface area contributed by atoms with Crippen molar-refractivity contribution in [2.75, 3.05) is 11.9 Å². The fraction of sp³-hybridized carbons (Fsp3) is 0.130. The van der Waals surface area contributed by atoms with Gasteiger partial charge >= 0.3 is 0 Å². The van der Waals surface area contributed by atoms with Gasteiger partial charge in [-0.05, 0) is 54.5 Å². The van der Waals surface area contributed by atoms with Gasteiger partial charge in [0.25, 0.3) is 5.91 Å². The van der Waals surface area contributed by atoms with Gasteiger partial charge in [-0.25, -0.2) is 0 Å². The first-order valence-electron chi connectivity index (χ1n) is 9.17. The highest BCUT2D eigenvalue weighted by Crippen LogP contribution is 2.21. The second-order valence-electron chi connectivity index (χ2n) is 6.45. The van der Waals surface area contributed by atoms with E-state index in [1.165, 1.54) is 5.56 Å². The standard InChI is InChI=1S/C23H21ClN2O2S/c1-16-11-12-18(15-20(16)24)25-23(29)26-22(27)19-9-5-6-10-21(19)28-14-13-17-7-3-2-4-8-17/h2-12,15H,13-14H2,1H3,(H2,25,26,27,29). The number of para-hydroxylation sites is 1. The second kappa shape index (κ2) is 10.0. The lowest BCUT2D eigenvalue weighted by molar-refractivity contribution is 0.0974. The minimum atomic E-state index is -0.337. The van der Waals surface area contributed by atoms with Crippen LogP contribution in [-0.2, 0) is 6.42 Å². The molecule has 0 aromatic heterocycles. The summed E-state index contributed by atoms with van der Waals surface area (Å²) in [5.41, 5.74) is 3.27. The van der Waals surface area contributed by atoms with E-state index < -0.39 is 0 Å². The van der Waals surface area contributed by atoms with Crippen molar-refractivity contribution >= 4 is 40.5 Å². The van der Waals surface area contributed by atoms with Crippen molar-refractivity contribution in [1.29, 1.82) is 0 Å². The molecule has 0 bridgehead atoms. The van der Waals surface area contributed by atoms with Crippen LogP contribution in [0.3, 0.4) is 0 Å². The molecular weight excluding hydrogens is 404 g/mol. The lowest BCUT2D eigenvalue weighted by atomic mass is 10.1. The third-order valence-corrected chi connectivity index (χ3v) is 4.89. The normalized spacial score (nSPS) is 10.3. The summed E-state index contributed by atoms with van der Waals surface area (Å²) in [6.45, 7) is 2.39. The van der Waals surface area contributed by atoms with Gasteiger partial charge in [-0.15, -0.1) is 0 Å². The number of hydrogen-bond acceptors (Lipinski definition) is 3. The first-order chi connectivity index (χ1) is 14.0. The Morgan fingerprint density at radius 2 is 1.76 bits per heavy atom. The number of carbonyl (C=O) groups is 1. The zero-order valence-electron chi connectivity index (χ0n) is 15.9. The van der Waals surface area contributed by atoms with Gasteiger partial charge in [-0.1, -0.05) is 60.1 Å². The maximum atomic E-state index is 12.7. The van der Waals surface area contributed by atoms with Crippen molar-refractivity contribution in [2.45, 2.75) is 13.3 Å². The predicted molar refractivity (Wildman–Crippen MR) is 122 cm³/mol. The molecule has 0 spiro atoms. The van der Waals surface area contributed by atoms with Crippen LogP contribution < -0.4 is 15.4 Å². The molecule has 0 unspecified atom stereocenters. The first kappa shape index (κ1) is 20.8. The average Bonchev–Trinajstić information content (AvgIpc) is 2.72. The SMILES string of the molecule is Cc1ccc(NC(=S)NC(=O)c2ccccc2OCCc2ccccc2)cc1Cl. The number of benzene rings is 3. The topological polar surface area (TPSA) is 50.4 Å². The van der Waals surface area contributed by atoms with Gasteiger partial charge in [0.15, 0.2) is 5.11 Å². The van der Waals surface area contributed by atoms with Gasteiger partial charge < -0.3 is 10.1 Å². The molecule has 3 aromatic carbocycles. The summed E-state index contributed by atoms with van der Waals surface area (Å²) in [5.74, 6) is 0.179. The smallest absolute Gasteiger partial charge is 0.261 e. The van der Waals surface area contributed by atoms with Crippen LogP contribution in [0.4, 0.5) is 5.69 Å². The molecule has 3 aromatic rings. The number of rotatable bonds is 6. The number of anilines is 1. The van der Waals surface area contributed by atoms with Crippen molar-refractivity contribution < 1.29 is 9.53 Å². The molecule has 0 aliphatic carbocycles. The number of amides is 1. The molecule has 0 heterocycles. The molecular formula is C23H21ClN2O2S. The van der Waals surface area contributed by atoms with Gasteiger partial charge in [-0.3, -0.25) is 10.1 Å². The number of halogens is 1. The number of aryl methyl sites for hydroxylation is 1. The number of hydrogen-bond donors (Lipinski definition) is 2. The summed E-state index contributed by atoms with van der Waals surface area (Å²) in [6.07, 6.45) is 0.755. The molecule has 0 radical (unpaired) electrons. The van der Waals surface area contributed by atoms with Crippen LogP contribution >= 0.6 is 23.8 Å². The minimum Gasteiger partial charge on any atom is -0.492 e. The van der Waals surface area contributed by atoms with E-state index in [0.717, 1.165) is 12.0 Å². The van der Waals surface area contributed by atoms with E-state index >= 15 is 0 Å². The quantitative estimate of drug-likeness (QED) is 0.520. The van der Waals surface area contributed by atoms with E-state index in [4.69, 9.17) is 28.6 Å². The first-order valence-corrected chi connectivity index (χ1v) is 9.96. The van der Waals surface area contributed by atoms with E-state index in [1.54, 1.807) is 24.3 Å². The molecule has 4 nitrogen and oxygen atoms in total. The third-order valence-electron chi connectivity index (χ3n) is 4.28. The van der Waals surface area contributed by atoms with Gasteiger partial charge in [0.1, 0.15) is 5.75 Å². The molecule has 148 valence electrons. The van der Waals surface area contributed by atoms with Gasteiger partial charge in [0.05, 0.1) is 12.2 Å². The number of ether oxygens (including phenoxy) is 1. The molecule has 0 aliphatic rings. The van der Waals surface area contributed by atoms with Gasteiger partial charge in [0, 0.05) is 17.1 Å². The van der Waals surface area contributed by atoms with Crippen LogP contribution in [0.15, 0.2) is 72.8 Å². The Labute approximate surface area is 180 Å². The highest BCUT2D eigenvalue weighted by molar-refractivity contribution is 7.80. The van der Waals surface area contributed by atoms with Crippen LogP contribution in [0.2, 0.25) is 5.02 Å². The lowest BCUT2D eigenvalue weighted by Crippen LogP contribution is -2.34. The van der Waals surface area contributed by atoms with Crippen molar-refractivity contribution in [3.8, 4) is 5.75 Å². The van der Waals surface area contributed by atoms with Crippen LogP contribution in [0.5, 0.6) is 5.75 Å². The largest absolute Gasteiger partial charge is 0.492 e. The van der Waals surface area contributed by atoms with E-state index in [-0.39, 0.29) is 11.0 Å². The maximum Gasteiger partial charge on any atom is 0.261 e. The molecule has 0 aliphatic heterocycles. The van der Waals surface area contributed by atoms with Crippen LogP contribution in [0.25, 0.3) is 0 Å². The summed E-state index contributed by atoms with van der Waals surface area (Å²) in [6, 6.07) is 22.6. The molecule has 0 saturated carbocycles. The Balaban J connectivity index is 1.60. The molecule has 1 amide bonds. The van der Waals surface area contributed by atoms with Crippen LogP contribution in [0, 0.1) is 6.92 Å². The highest BCUT2D eigenvalue weighted by atomic mass is 35.5. The number of nitrogens with one attached hydrogen (secondary N) is 2. The summed E-state index contributed by atoms with van der Waals surface area (Å²) >= 11 is 11.4. The van der Waals surface area contributed by atoms with Crippen molar-refractivity contribution in [1.82, 2.24) is 5.32 Å². The van der Waals surface area contributed by atoms with Crippen LogP contribution in [0.1, 0.15) is 21.5 Å². The molecule has 3 rings (SSSR count). The Kier molecular flexibility index (Phi) is 7.22. The fourth-order valence-electron chi connectivity index (χ4n) is 2.71. The second-order valence-corrected chi connectivity index (χ2v) is 7.27. The molecule has 0 saturated heterocycles. The third kappa shape index (κ3) is 6.04. The molecule has 6 heteroatoms. The van der Waals surface area contributed by atoms with Crippen LogP contribution in [-0.4, -0.2) is 17.6 Å². The van der Waals surface area contributed by atoms with Gasteiger partial charge in [-0.2, -0.15) is 0 Å². The van der Waals surface area contributed by atoms with Crippen molar-refractivity contribution in [3.05, 3.63) is 94.5 Å². The molecule has 2 N–H and O–H groups in total. The predicted octanol–water partition coefficient (Wildman–Crippen LogP) is 5.40. The Hall–Kier alpha value is -2.89. The monoisotopic (exact) mass is 424 g/mol. The number of carbonyl (C=O) groups excluding carboxylic acids is 1. The van der Waals surface area contributed by atoms with Crippen molar-refractivity contribution in [3.63, 3.8) is 0 Å². The number of thiocarbonyl (C=S) groups is 1. The fourth-order valence-corrected chi connectivity index (χ4v) is 3.10. The molecule has 0 fully saturated rings. The minimum absolute atomic E-state index is 0.189. The zero-order chi connectivity index (χ0) is 20.6. The zero-order valence-corrected chi connectivity index (χ0v) is 17.5. The van der Waals surface area contributed by atoms with Gasteiger partial charge in [0.2, 0.25) is 0 Å². The van der Waals surface area contributed by atoms with Crippen molar-refractivity contribution in [2.24, 2.45) is 0 Å². The Morgan fingerprint density at radius 1 is 1.03 bits per heavy atom. The summed E-state index contributed by atoms with van der Waals surface area (Å²) in [7, 11) is 0. The Morgan fingerprint density at radius 3 is 2.52 bits per heavy atom. The summed E-state index contributed by atoms with van der Waals surface area (Å²) < 4.78 is 5.85. The van der Waals surface area contributed by atoms with E-state index in [0.29, 0.717) is 28.6 Å². The van der Waals surface area contributed by atoms with E-state index in [1.807, 2.05) is 55.5 Å². The summed E-state index contributed by atoms with van der Waals surface area (Å²) in [4.78, 5) is 12.7. The van der Waals surface area contributed by atoms with E-state index in [9.17, 15) is 4.79 Å². The van der Waals surface area contributed by atoms with E-state index in [2.05, 4.69) is 10.6 Å². The highest BCUT2D eigenvalue weighted by Gasteiger charge is 2.14. The molecule has 29 heavy (non-hydrogen) atoms.